The SMILES string of the molecule is O=C(N[C@@H]1CCOC[C@@]12CCN(c1ncc(F)cn1)C2)N1CCCC1. The molecule has 2 atom stereocenters. The van der Waals surface area contributed by atoms with Gasteiger partial charge in [-0.15, -0.1) is 0 Å². The van der Waals surface area contributed by atoms with Crippen LogP contribution in [0.15, 0.2) is 12.4 Å². The lowest BCUT2D eigenvalue weighted by molar-refractivity contribution is -0.0190. The highest BCUT2D eigenvalue weighted by Crippen LogP contribution is 2.39. The Labute approximate surface area is 146 Å². The number of hydrogen-bond donors (Lipinski definition) is 1. The van der Waals surface area contributed by atoms with Gasteiger partial charge in [0.05, 0.1) is 19.0 Å². The Bertz CT molecular complexity index is 622. The van der Waals surface area contributed by atoms with Crippen LogP contribution in [0, 0.1) is 11.2 Å². The summed E-state index contributed by atoms with van der Waals surface area (Å²) >= 11 is 0. The Morgan fingerprint density at radius 2 is 2.04 bits per heavy atom. The van der Waals surface area contributed by atoms with Gasteiger partial charge in [0.2, 0.25) is 5.95 Å². The van der Waals surface area contributed by atoms with E-state index in [1.54, 1.807) is 0 Å². The van der Waals surface area contributed by atoms with Crippen molar-refractivity contribution in [2.75, 3.05) is 44.3 Å². The van der Waals surface area contributed by atoms with Gasteiger partial charge in [-0.05, 0) is 25.7 Å². The highest BCUT2D eigenvalue weighted by atomic mass is 19.1. The van der Waals surface area contributed by atoms with Crippen molar-refractivity contribution < 1.29 is 13.9 Å². The molecule has 7 nitrogen and oxygen atoms in total. The van der Waals surface area contributed by atoms with Crippen molar-refractivity contribution in [2.24, 2.45) is 5.41 Å². The van der Waals surface area contributed by atoms with Crippen LogP contribution in [-0.2, 0) is 4.74 Å². The van der Waals surface area contributed by atoms with Crippen molar-refractivity contribution in [3.05, 3.63) is 18.2 Å². The smallest absolute Gasteiger partial charge is 0.317 e. The number of likely N-dealkylation sites (tertiary alicyclic amines) is 1. The van der Waals surface area contributed by atoms with Crippen LogP contribution in [0.25, 0.3) is 0 Å². The predicted molar refractivity (Wildman–Crippen MR) is 89.8 cm³/mol. The van der Waals surface area contributed by atoms with Gasteiger partial charge in [0.1, 0.15) is 0 Å². The molecule has 0 unspecified atom stereocenters. The van der Waals surface area contributed by atoms with Crippen molar-refractivity contribution >= 4 is 12.0 Å². The topological polar surface area (TPSA) is 70.6 Å². The normalized spacial score (nSPS) is 29.4. The third-order valence-electron chi connectivity index (χ3n) is 5.65. The van der Waals surface area contributed by atoms with E-state index in [0.29, 0.717) is 25.7 Å². The first-order valence-electron chi connectivity index (χ1n) is 9.02. The van der Waals surface area contributed by atoms with Crippen molar-refractivity contribution in [3.63, 3.8) is 0 Å². The van der Waals surface area contributed by atoms with Crippen molar-refractivity contribution in [1.82, 2.24) is 20.2 Å². The van der Waals surface area contributed by atoms with Gasteiger partial charge in [-0.25, -0.2) is 19.2 Å². The number of urea groups is 1. The Kier molecular flexibility index (Phi) is 4.45. The minimum atomic E-state index is -0.436. The lowest BCUT2D eigenvalue weighted by Crippen LogP contribution is -2.57. The number of nitrogens with zero attached hydrogens (tertiary/aromatic N) is 4. The van der Waals surface area contributed by atoms with Gasteiger partial charge in [-0.3, -0.25) is 0 Å². The summed E-state index contributed by atoms with van der Waals surface area (Å²) in [5.74, 6) is 0.0999. The Morgan fingerprint density at radius 1 is 1.28 bits per heavy atom. The predicted octanol–water partition coefficient (Wildman–Crippen LogP) is 1.41. The van der Waals surface area contributed by atoms with E-state index in [-0.39, 0.29) is 17.5 Å². The van der Waals surface area contributed by atoms with Crippen molar-refractivity contribution in [2.45, 2.75) is 31.7 Å². The summed E-state index contributed by atoms with van der Waals surface area (Å²) in [4.78, 5) is 24.7. The number of rotatable bonds is 2. The van der Waals surface area contributed by atoms with E-state index in [0.717, 1.165) is 45.3 Å². The summed E-state index contributed by atoms with van der Waals surface area (Å²) in [5.41, 5.74) is -0.134. The largest absolute Gasteiger partial charge is 0.381 e. The Hall–Kier alpha value is -1.96. The van der Waals surface area contributed by atoms with E-state index in [4.69, 9.17) is 4.74 Å². The Morgan fingerprint density at radius 3 is 2.80 bits per heavy atom. The number of anilines is 1. The molecule has 1 spiro atoms. The molecule has 3 fully saturated rings. The molecule has 0 saturated carbocycles. The molecule has 0 bridgehead atoms. The zero-order valence-electron chi connectivity index (χ0n) is 14.3. The van der Waals surface area contributed by atoms with Crippen LogP contribution in [0.2, 0.25) is 0 Å². The maximum absolute atomic E-state index is 13.1. The summed E-state index contributed by atoms with van der Waals surface area (Å²) in [6.07, 6.45) is 6.27. The van der Waals surface area contributed by atoms with E-state index in [9.17, 15) is 9.18 Å². The molecule has 3 aliphatic rings. The summed E-state index contributed by atoms with van der Waals surface area (Å²) < 4.78 is 18.8. The van der Waals surface area contributed by atoms with E-state index in [1.807, 2.05) is 4.90 Å². The van der Waals surface area contributed by atoms with E-state index < -0.39 is 5.82 Å². The van der Waals surface area contributed by atoms with Gasteiger partial charge in [-0.2, -0.15) is 0 Å². The zero-order valence-corrected chi connectivity index (χ0v) is 14.3. The number of halogens is 1. The summed E-state index contributed by atoms with van der Waals surface area (Å²) in [6, 6.07) is 0.125. The highest BCUT2D eigenvalue weighted by Gasteiger charge is 2.48. The minimum Gasteiger partial charge on any atom is -0.381 e. The fourth-order valence-corrected chi connectivity index (χ4v) is 4.21. The van der Waals surface area contributed by atoms with Gasteiger partial charge in [-0.1, -0.05) is 0 Å². The summed E-state index contributed by atoms with van der Waals surface area (Å²) in [5, 5.41) is 3.25. The quantitative estimate of drug-likeness (QED) is 0.874. The molecule has 1 aromatic heterocycles. The first-order chi connectivity index (χ1) is 12.2. The second kappa shape index (κ2) is 6.74. The summed E-state index contributed by atoms with van der Waals surface area (Å²) in [7, 11) is 0. The number of nitrogens with one attached hydrogen (secondary N) is 1. The molecule has 3 aliphatic heterocycles. The lowest BCUT2D eigenvalue weighted by atomic mass is 9.77. The molecule has 0 aliphatic carbocycles. The molecule has 2 amide bonds. The van der Waals surface area contributed by atoms with Crippen LogP contribution in [0.1, 0.15) is 25.7 Å². The highest BCUT2D eigenvalue weighted by molar-refractivity contribution is 5.75. The number of ether oxygens (including phenoxy) is 1. The van der Waals surface area contributed by atoms with Gasteiger partial charge < -0.3 is 19.9 Å². The van der Waals surface area contributed by atoms with Gasteiger partial charge in [0.15, 0.2) is 5.82 Å². The number of carbonyl (C=O) groups excluding carboxylic acids is 1. The molecule has 1 N–H and O–H groups in total. The minimum absolute atomic E-state index is 0.0419. The standard InChI is InChI=1S/C17H24FN5O2/c18-13-9-19-15(20-10-13)23-7-4-17(11-23)12-25-8-3-14(17)21-16(24)22-5-1-2-6-22/h9-10,14H,1-8,11-12H2,(H,21,24)/t14-,17+/m1/s1. The second-order valence-corrected chi connectivity index (χ2v) is 7.27. The number of hydrogen-bond acceptors (Lipinski definition) is 5. The maximum atomic E-state index is 13.1. The van der Waals surface area contributed by atoms with Crippen LogP contribution in [0.3, 0.4) is 0 Å². The van der Waals surface area contributed by atoms with E-state index in [2.05, 4.69) is 20.2 Å². The number of carbonyl (C=O) groups is 1. The fourth-order valence-electron chi connectivity index (χ4n) is 4.21. The molecular formula is C17H24FN5O2. The molecule has 0 aromatic carbocycles. The first-order valence-corrected chi connectivity index (χ1v) is 9.02. The fraction of sp³-hybridized carbons (Fsp3) is 0.706. The summed E-state index contributed by atoms with van der Waals surface area (Å²) in [6.45, 7) is 4.47. The molecule has 25 heavy (non-hydrogen) atoms. The number of amides is 2. The lowest BCUT2D eigenvalue weighted by Gasteiger charge is -2.41. The van der Waals surface area contributed by atoms with Crippen molar-refractivity contribution in [3.8, 4) is 0 Å². The first kappa shape index (κ1) is 16.5. The molecule has 3 saturated heterocycles. The van der Waals surface area contributed by atoms with Crippen LogP contribution >= 0.6 is 0 Å². The van der Waals surface area contributed by atoms with Crippen LogP contribution in [0.5, 0.6) is 0 Å². The van der Waals surface area contributed by atoms with Crippen LogP contribution in [-0.4, -0.2) is 66.3 Å². The van der Waals surface area contributed by atoms with Crippen LogP contribution in [0.4, 0.5) is 15.1 Å². The second-order valence-electron chi connectivity index (χ2n) is 7.27. The molecule has 4 rings (SSSR count). The van der Waals surface area contributed by atoms with E-state index in [1.165, 1.54) is 12.4 Å². The maximum Gasteiger partial charge on any atom is 0.317 e. The van der Waals surface area contributed by atoms with Crippen molar-refractivity contribution in [1.29, 1.82) is 0 Å². The molecule has 4 heterocycles. The Balaban J connectivity index is 1.46. The van der Waals surface area contributed by atoms with Gasteiger partial charge >= 0.3 is 6.03 Å². The average Bonchev–Trinajstić information content (AvgIpc) is 3.29. The average molecular weight is 349 g/mol. The monoisotopic (exact) mass is 349 g/mol. The van der Waals surface area contributed by atoms with Crippen LogP contribution < -0.4 is 10.2 Å². The van der Waals surface area contributed by atoms with E-state index >= 15 is 0 Å². The van der Waals surface area contributed by atoms with Gasteiger partial charge in [0.25, 0.3) is 0 Å². The van der Waals surface area contributed by atoms with Gasteiger partial charge in [0, 0.05) is 44.2 Å². The molecule has 1 aromatic rings. The third kappa shape index (κ3) is 3.27. The molecular weight excluding hydrogens is 325 g/mol. The third-order valence-corrected chi connectivity index (χ3v) is 5.65. The molecule has 136 valence electrons. The number of aromatic nitrogens is 2. The molecule has 0 radical (unpaired) electrons. The molecule has 8 heteroatoms. The zero-order chi connectivity index (χ0) is 17.3.